The first-order valence-electron chi connectivity index (χ1n) is 7.91. The first kappa shape index (κ1) is 17.8. The smallest absolute Gasteiger partial charge is 0.253 e. The average Bonchev–Trinajstić information content (AvgIpc) is 2.65. The largest absolute Gasteiger partial charge is 0.365 e. The summed E-state index contributed by atoms with van der Waals surface area (Å²) in [5.41, 5.74) is 1.33. The number of piperidine rings is 1. The summed E-state index contributed by atoms with van der Waals surface area (Å²) in [6, 6.07) is 7.01. The van der Waals surface area contributed by atoms with E-state index in [1.54, 1.807) is 31.3 Å². The minimum atomic E-state index is -0.192. The van der Waals surface area contributed by atoms with Crippen LogP contribution >= 0.6 is 0 Å². The molecule has 0 aliphatic carbocycles. The summed E-state index contributed by atoms with van der Waals surface area (Å²) in [6.45, 7) is 5.10. The second-order valence-electron chi connectivity index (χ2n) is 5.65. The number of anilines is 1. The minimum Gasteiger partial charge on any atom is -0.365 e. The molecule has 2 amide bonds. The Morgan fingerprint density at radius 1 is 1.38 bits per heavy atom. The highest BCUT2D eigenvalue weighted by Crippen LogP contribution is 2.19. The second kappa shape index (κ2) is 8.32. The van der Waals surface area contributed by atoms with Gasteiger partial charge in [-0.15, -0.1) is 6.42 Å². The van der Waals surface area contributed by atoms with Crippen LogP contribution in [0.25, 0.3) is 0 Å². The number of amides is 2. The molecule has 0 radical (unpaired) electrons. The van der Waals surface area contributed by atoms with E-state index in [1.165, 1.54) is 11.0 Å². The zero-order chi connectivity index (χ0) is 17.5. The summed E-state index contributed by atoms with van der Waals surface area (Å²) in [5.74, 6) is 2.27. The summed E-state index contributed by atoms with van der Waals surface area (Å²) < 4.78 is 5.52. The van der Waals surface area contributed by atoms with Gasteiger partial charge in [0, 0.05) is 31.4 Å². The van der Waals surface area contributed by atoms with Crippen molar-refractivity contribution in [2.45, 2.75) is 18.9 Å². The summed E-state index contributed by atoms with van der Waals surface area (Å²) in [6.07, 6.45) is 8.16. The van der Waals surface area contributed by atoms with Crippen LogP contribution in [0.15, 0.2) is 36.9 Å². The molecule has 1 aliphatic heterocycles. The number of rotatable bonds is 5. The van der Waals surface area contributed by atoms with E-state index < -0.39 is 0 Å². The number of carbonyl (C=O) groups excluding carboxylic acids is 2. The van der Waals surface area contributed by atoms with E-state index in [2.05, 4.69) is 12.5 Å². The lowest BCUT2D eigenvalue weighted by Crippen LogP contribution is -2.41. The molecule has 24 heavy (non-hydrogen) atoms. The molecule has 126 valence electrons. The second-order valence-corrected chi connectivity index (χ2v) is 5.65. The van der Waals surface area contributed by atoms with E-state index in [0.29, 0.717) is 25.3 Å². The molecule has 1 saturated heterocycles. The number of likely N-dealkylation sites (tertiary alicyclic amines) is 1. The molecule has 0 saturated carbocycles. The molecule has 5 heteroatoms. The highest BCUT2D eigenvalue weighted by molar-refractivity contribution is 6.01. The molecule has 0 N–H and O–H groups in total. The maximum Gasteiger partial charge on any atom is 0.253 e. The average molecular weight is 326 g/mol. The minimum absolute atomic E-state index is 0.00495. The van der Waals surface area contributed by atoms with Crippen molar-refractivity contribution in [3.05, 3.63) is 42.5 Å². The Kier molecular flexibility index (Phi) is 6.16. The Balaban J connectivity index is 1.95. The molecule has 2 rings (SSSR count). The van der Waals surface area contributed by atoms with Crippen LogP contribution in [0.2, 0.25) is 0 Å². The number of nitrogens with zero attached hydrogens (tertiary/aromatic N) is 2. The maximum absolute atomic E-state index is 12.5. The van der Waals surface area contributed by atoms with E-state index >= 15 is 0 Å². The first-order chi connectivity index (χ1) is 11.6. The van der Waals surface area contributed by atoms with Gasteiger partial charge in [0.25, 0.3) is 5.91 Å². The van der Waals surface area contributed by atoms with Gasteiger partial charge in [0.2, 0.25) is 5.91 Å². The molecule has 1 aliphatic rings. The molecule has 1 fully saturated rings. The summed E-state index contributed by atoms with van der Waals surface area (Å²) in [5, 5.41) is 0. The van der Waals surface area contributed by atoms with Gasteiger partial charge in [-0.1, -0.05) is 12.5 Å². The third kappa shape index (κ3) is 4.24. The fraction of sp³-hybridized carbons (Fsp3) is 0.368. The van der Waals surface area contributed by atoms with Crippen LogP contribution in [0.4, 0.5) is 5.69 Å². The Hall–Kier alpha value is -2.58. The van der Waals surface area contributed by atoms with Crippen LogP contribution in [0.1, 0.15) is 23.2 Å². The van der Waals surface area contributed by atoms with Gasteiger partial charge in [0.1, 0.15) is 6.61 Å². The highest BCUT2D eigenvalue weighted by Gasteiger charge is 2.24. The third-order valence-electron chi connectivity index (χ3n) is 4.14. The Morgan fingerprint density at radius 3 is 2.54 bits per heavy atom. The number of ether oxygens (including phenoxy) is 1. The molecule has 0 atom stereocenters. The van der Waals surface area contributed by atoms with Crippen molar-refractivity contribution < 1.29 is 14.3 Å². The molecule has 1 aromatic carbocycles. The van der Waals surface area contributed by atoms with Gasteiger partial charge in [-0.2, -0.15) is 0 Å². The quantitative estimate of drug-likeness (QED) is 0.615. The van der Waals surface area contributed by atoms with E-state index in [4.69, 9.17) is 11.2 Å². The molecular weight excluding hydrogens is 304 g/mol. The lowest BCUT2D eigenvalue weighted by Gasteiger charge is -2.31. The lowest BCUT2D eigenvalue weighted by atomic mass is 10.1. The van der Waals surface area contributed by atoms with Crippen LogP contribution in [-0.2, 0) is 9.53 Å². The van der Waals surface area contributed by atoms with Crippen molar-refractivity contribution >= 4 is 17.5 Å². The number of benzene rings is 1. The normalized spacial score (nSPS) is 14.8. The molecular formula is C19H22N2O3. The fourth-order valence-electron chi connectivity index (χ4n) is 2.67. The van der Waals surface area contributed by atoms with Crippen LogP contribution < -0.4 is 4.90 Å². The Labute approximate surface area is 142 Å². The predicted molar refractivity (Wildman–Crippen MR) is 93.8 cm³/mol. The SMILES string of the molecule is C#CCOC1CCN(C(=O)c2ccc(N(C)C(=O)C=C)cc2)CC1. The van der Waals surface area contributed by atoms with Crippen LogP contribution in [0.3, 0.4) is 0 Å². The lowest BCUT2D eigenvalue weighted by molar-refractivity contribution is -0.113. The highest BCUT2D eigenvalue weighted by atomic mass is 16.5. The van der Waals surface area contributed by atoms with E-state index in [-0.39, 0.29) is 17.9 Å². The molecule has 1 heterocycles. The van der Waals surface area contributed by atoms with Crippen LogP contribution in [0.5, 0.6) is 0 Å². The summed E-state index contributed by atoms with van der Waals surface area (Å²) >= 11 is 0. The molecule has 0 aromatic heterocycles. The monoisotopic (exact) mass is 326 g/mol. The fourth-order valence-corrected chi connectivity index (χ4v) is 2.67. The van der Waals surface area contributed by atoms with Crippen molar-refractivity contribution in [3.63, 3.8) is 0 Å². The van der Waals surface area contributed by atoms with E-state index in [9.17, 15) is 9.59 Å². The Bertz CT molecular complexity index is 638. The van der Waals surface area contributed by atoms with E-state index in [0.717, 1.165) is 18.5 Å². The van der Waals surface area contributed by atoms with Crippen LogP contribution in [0, 0.1) is 12.3 Å². The molecule has 0 spiro atoms. The summed E-state index contributed by atoms with van der Waals surface area (Å²) in [4.78, 5) is 27.4. The molecule has 1 aromatic rings. The van der Waals surface area contributed by atoms with Gasteiger partial charge < -0.3 is 14.5 Å². The topological polar surface area (TPSA) is 49.9 Å². The molecule has 5 nitrogen and oxygen atoms in total. The summed E-state index contributed by atoms with van der Waals surface area (Å²) in [7, 11) is 1.67. The number of terminal acetylenes is 1. The number of carbonyl (C=O) groups is 2. The Morgan fingerprint density at radius 2 is 2.00 bits per heavy atom. The van der Waals surface area contributed by atoms with E-state index in [1.807, 2.05) is 4.90 Å². The zero-order valence-corrected chi connectivity index (χ0v) is 13.9. The number of likely N-dealkylation sites (N-methyl/N-ethyl adjacent to an activating group) is 1. The van der Waals surface area contributed by atoms with Gasteiger partial charge in [0.15, 0.2) is 0 Å². The van der Waals surface area contributed by atoms with Gasteiger partial charge in [-0.25, -0.2) is 0 Å². The van der Waals surface area contributed by atoms with Crippen molar-refractivity contribution in [1.82, 2.24) is 4.90 Å². The maximum atomic E-state index is 12.5. The first-order valence-corrected chi connectivity index (χ1v) is 7.91. The predicted octanol–water partition coefficient (Wildman–Crippen LogP) is 2.09. The van der Waals surface area contributed by atoms with Crippen molar-refractivity contribution in [2.24, 2.45) is 0 Å². The molecule has 0 unspecified atom stereocenters. The third-order valence-corrected chi connectivity index (χ3v) is 4.14. The van der Waals surface area contributed by atoms with Gasteiger partial charge in [0.05, 0.1) is 6.10 Å². The van der Waals surface area contributed by atoms with Gasteiger partial charge in [-0.05, 0) is 43.2 Å². The van der Waals surface area contributed by atoms with Gasteiger partial charge >= 0.3 is 0 Å². The van der Waals surface area contributed by atoms with Crippen molar-refractivity contribution in [1.29, 1.82) is 0 Å². The van der Waals surface area contributed by atoms with Crippen molar-refractivity contribution in [2.75, 3.05) is 31.6 Å². The number of hydrogen-bond donors (Lipinski definition) is 0. The van der Waals surface area contributed by atoms with Gasteiger partial charge in [-0.3, -0.25) is 9.59 Å². The van der Waals surface area contributed by atoms with Crippen LogP contribution in [-0.4, -0.2) is 49.6 Å². The number of hydrogen-bond acceptors (Lipinski definition) is 3. The standard InChI is InChI=1S/C19H22N2O3/c1-4-14-24-17-10-12-21(13-11-17)19(23)15-6-8-16(9-7-15)20(3)18(22)5-2/h1,5-9,17H,2,10-14H2,3H3. The zero-order valence-electron chi connectivity index (χ0n) is 13.9. The van der Waals surface area contributed by atoms with Crippen molar-refractivity contribution in [3.8, 4) is 12.3 Å². The molecule has 0 bridgehead atoms.